The number of nitriles is 1. The summed E-state index contributed by atoms with van der Waals surface area (Å²) in [6.07, 6.45) is 0. The second-order valence-corrected chi connectivity index (χ2v) is 4.23. The maximum Gasteiger partial charge on any atom is 0.110 e. The van der Waals surface area contributed by atoms with Crippen molar-refractivity contribution in [3.05, 3.63) is 46.8 Å². The Bertz CT molecular complexity index is 491. The van der Waals surface area contributed by atoms with E-state index in [0.717, 1.165) is 9.75 Å². The lowest BCUT2D eigenvalue weighted by Crippen LogP contribution is -1.73. The van der Waals surface area contributed by atoms with E-state index in [4.69, 9.17) is 5.26 Å². The van der Waals surface area contributed by atoms with Gasteiger partial charge in [-0.25, -0.2) is 0 Å². The molecule has 68 valence electrons. The molecule has 0 amide bonds. The fourth-order valence-corrected chi connectivity index (χ4v) is 2.15. The van der Waals surface area contributed by atoms with Crippen molar-refractivity contribution in [1.82, 2.24) is 0 Å². The zero-order chi connectivity index (χ0) is 9.97. The standard InChI is InChI=1S/C12H9NS/c1-9-3-2-4-10(7-9)12-6-5-11(8-13)14-12/h2-7H,1H3. The SMILES string of the molecule is Cc1cccc(-c2ccc(C#N)s2)c1. The predicted octanol–water partition coefficient (Wildman–Crippen LogP) is 3.60. The maximum atomic E-state index is 8.71. The van der Waals surface area contributed by atoms with E-state index in [9.17, 15) is 0 Å². The van der Waals surface area contributed by atoms with Crippen molar-refractivity contribution in [1.29, 1.82) is 5.26 Å². The van der Waals surface area contributed by atoms with E-state index >= 15 is 0 Å². The molecular formula is C12H9NS. The van der Waals surface area contributed by atoms with Gasteiger partial charge >= 0.3 is 0 Å². The number of nitrogens with zero attached hydrogens (tertiary/aromatic N) is 1. The van der Waals surface area contributed by atoms with Crippen molar-refractivity contribution in [2.24, 2.45) is 0 Å². The molecule has 0 radical (unpaired) electrons. The van der Waals surface area contributed by atoms with Crippen molar-refractivity contribution in [2.75, 3.05) is 0 Å². The van der Waals surface area contributed by atoms with Gasteiger partial charge in [-0.15, -0.1) is 11.3 Å². The third-order valence-corrected chi connectivity index (χ3v) is 3.06. The van der Waals surface area contributed by atoms with E-state index < -0.39 is 0 Å². The van der Waals surface area contributed by atoms with Crippen LogP contribution in [0.1, 0.15) is 10.4 Å². The summed E-state index contributed by atoms with van der Waals surface area (Å²) in [5.74, 6) is 0. The lowest BCUT2D eigenvalue weighted by Gasteiger charge is -1.97. The van der Waals surface area contributed by atoms with Gasteiger partial charge in [-0.1, -0.05) is 29.8 Å². The number of thiophene rings is 1. The molecule has 0 aliphatic carbocycles. The third kappa shape index (κ3) is 1.68. The van der Waals surface area contributed by atoms with Crippen molar-refractivity contribution in [3.8, 4) is 16.5 Å². The Labute approximate surface area is 87.3 Å². The lowest BCUT2D eigenvalue weighted by molar-refractivity contribution is 1.48. The van der Waals surface area contributed by atoms with Crippen LogP contribution in [0.3, 0.4) is 0 Å². The number of aryl methyl sites for hydroxylation is 1. The summed E-state index contributed by atoms with van der Waals surface area (Å²) >= 11 is 1.53. The molecule has 1 aromatic carbocycles. The summed E-state index contributed by atoms with van der Waals surface area (Å²) in [5, 5.41) is 8.71. The molecule has 2 rings (SSSR count). The topological polar surface area (TPSA) is 23.8 Å². The first-order valence-electron chi connectivity index (χ1n) is 4.36. The van der Waals surface area contributed by atoms with Crippen LogP contribution in [0.5, 0.6) is 0 Å². The Morgan fingerprint density at radius 3 is 2.71 bits per heavy atom. The molecule has 0 atom stereocenters. The van der Waals surface area contributed by atoms with Crippen LogP contribution in [0.2, 0.25) is 0 Å². The number of rotatable bonds is 1. The van der Waals surface area contributed by atoms with Gasteiger partial charge in [0.1, 0.15) is 10.9 Å². The second-order valence-electron chi connectivity index (χ2n) is 3.15. The second kappa shape index (κ2) is 3.65. The summed E-state index contributed by atoms with van der Waals surface area (Å²) < 4.78 is 0. The molecule has 1 heterocycles. The van der Waals surface area contributed by atoms with E-state index in [1.54, 1.807) is 0 Å². The van der Waals surface area contributed by atoms with E-state index in [2.05, 4.69) is 31.2 Å². The van der Waals surface area contributed by atoms with Crippen molar-refractivity contribution >= 4 is 11.3 Å². The molecular weight excluding hydrogens is 190 g/mol. The van der Waals surface area contributed by atoms with Gasteiger partial charge in [-0.3, -0.25) is 0 Å². The number of benzene rings is 1. The van der Waals surface area contributed by atoms with Gasteiger partial charge in [0.15, 0.2) is 0 Å². The Kier molecular flexibility index (Phi) is 2.34. The minimum Gasteiger partial charge on any atom is -0.192 e. The molecule has 2 aromatic rings. The minimum absolute atomic E-state index is 0.765. The van der Waals surface area contributed by atoms with Crippen LogP contribution in [0.25, 0.3) is 10.4 Å². The Morgan fingerprint density at radius 2 is 2.07 bits per heavy atom. The van der Waals surface area contributed by atoms with Crippen LogP contribution < -0.4 is 0 Å². The average molecular weight is 199 g/mol. The quantitative estimate of drug-likeness (QED) is 0.688. The van der Waals surface area contributed by atoms with Crippen LogP contribution in [0.15, 0.2) is 36.4 Å². The molecule has 0 bridgehead atoms. The van der Waals surface area contributed by atoms with Gasteiger partial charge in [-0.2, -0.15) is 5.26 Å². The highest BCUT2D eigenvalue weighted by molar-refractivity contribution is 7.16. The Morgan fingerprint density at radius 1 is 1.21 bits per heavy atom. The van der Waals surface area contributed by atoms with Gasteiger partial charge in [0.25, 0.3) is 0 Å². The smallest absolute Gasteiger partial charge is 0.110 e. The number of hydrogen-bond acceptors (Lipinski definition) is 2. The van der Waals surface area contributed by atoms with E-state index in [1.807, 2.05) is 18.2 Å². The van der Waals surface area contributed by atoms with Crippen LogP contribution in [-0.2, 0) is 0 Å². The first-order valence-corrected chi connectivity index (χ1v) is 5.18. The lowest BCUT2D eigenvalue weighted by atomic mass is 10.1. The highest BCUT2D eigenvalue weighted by atomic mass is 32.1. The molecule has 0 aliphatic heterocycles. The molecule has 0 saturated carbocycles. The summed E-state index contributed by atoms with van der Waals surface area (Å²) in [6, 6.07) is 14.3. The fraction of sp³-hybridized carbons (Fsp3) is 0.0833. The summed E-state index contributed by atoms with van der Waals surface area (Å²) in [4.78, 5) is 1.92. The fourth-order valence-electron chi connectivity index (χ4n) is 1.35. The van der Waals surface area contributed by atoms with E-state index in [0.29, 0.717) is 0 Å². The minimum atomic E-state index is 0.765. The summed E-state index contributed by atoms with van der Waals surface area (Å²) in [5.41, 5.74) is 2.44. The van der Waals surface area contributed by atoms with Crippen LogP contribution in [0, 0.1) is 18.3 Å². The van der Waals surface area contributed by atoms with Crippen molar-refractivity contribution in [2.45, 2.75) is 6.92 Å². The zero-order valence-corrected chi connectivity index (χ0v) is 8.64. The molecule has 0 aliphatic rings. The largest absolute Gasteiger partial charge is 0.192 e. The first kappa shape index (κ1) is 8.98. The Balaban J connectivity index is 2.45. The summed E-state index contributed by atoms with van der Waals surface area (Å²) in [7, 11) is 0. The maximum absolute atomic E-state index is 8.71. The predicted molar refractivity (Wildman–Crippen MR) is 59.2 cm³/mol. The third-order valence-electron chi connectivity index (χ3n) is 2.02. The molecule has 1 aromatic heterocycles. The molecule has 0 unspecified atom stereocenters. The highest BCUT2D eigenvalue weighted by Gasteiger charge is 2.01. The molecule has 2 heteroatoms. The summed E-state index contributed by atoms with van der Waals surface area (Å²) in [6.45, 7) is 2.07. The van der Waals surface area contributed by atoms with Crippen LogP contribution in [-0.4, -0.2) is 0 Å². The van der Waals surface area contributed by atoms with Gasteiger partial charge in [-0.05, 0) is 24.6 Å². The van der Waals surface area contributed by atoms with Gasteiger partial charge in [0.05, 0.1) is 0 Å². The molecule has 14 heavy (non-hydrogen) atoms. The van der Waals surface area contributed by atoms with Gasteiger partial charge < -0.3 is 0 Å². The van der Waals surface area contributed by atoms with Crippen molar-refractivity contribution in [3.63, 3.8) is 0 Å². The van der Waals surface area contributed by atoms with E-state index in [-0.39, 0.29) is 0 Å². The molecule has 0 saturated heterocycles. The van der Waals surface area contributed by atoms with E-state index in [1.165, 1.54) is 22.5 Å². The van der Waals surface area contributed by atoms with Crippen molar-refractivity contribution < 1.29 is 0 Å². The first-order chi connectivity index (χ1) is 6.79. The Hall–Kier alpha value is -1.59. The monoisotopic (exact) mass is 199 g/mol. The average Bonchev–Trinajstić information content (AvgIpc) is 2.66. The van der Waals surface area contributed by atoms with Gasteiger partial charge in [0, 0.05) is 4.88 Å². The highest BCUT2D eigenvalue weighted by Crippen LogP contribution is 2.27. The molecule has 0 spiro atoms. The normalized spacial score (nSPS) is 9.71. The van der Waals surface area contributed by atoms with Crippen LogP contribution in [0.4, 0.5) is 0 Å². The molecule has 1 nitrogen and oxygen atoms in total. The number of hydrogen-bond donors (Lipinski definition) is 0. The molecule has 0 N–H and O–H groups in total. The molecule has 0 fully saturated rings. The van der Waals surface area contributed by atoms with Gasteiger partial charge in [0.2, 0.25) is 0 Å². The zero-order valence-electron chi connectivity index (χ0n) is 7.82. The van der Waals surface area contributed by atoms with Crippen LogP contribution >= 0.6 is 11.3 Å².